The molecule has 0 saturated heterocycles. The third-order valence-electron chi connectivity index (χ3n) is 3.35. The third-order valence-corrected chi connectivity index (χ3v) is 3.35. The van der Waals surface area contributed by atoms with Crippen LogP contribution in [0.5, 0.6) is 0 Å². The Balaban J connectivity index is 2.17. The van der Waals surface area contributed by atoms with Gasteiger partial charge in [-0.3, -0.25) is 4.98 Å². The normalized spacial score (nSPS) is 13.1. The van der Waals surface area contributed by atoms with Crippen molar-refractivity contribution >= 4 is 10.9 Å². The predicted molar refractivity (Wildman–Crippen MR) is 76.3 cm³/mol. The number of nitrogens with two attached hydrogens (primary N) is 1. The maximum absolute atomic E-state index is 5.78. The first-order chi connectivity index (χ1) is 8.72. The second-order valence-corrected chi connectivity index (χ2v) is 4.95. The van der Waals surface area contributed by atoms with Crippen LogP contribution in [-0.4, -0.2) is 17.6 Å². The molecule has 3 heteroatoms. The van der Waals surface area contributed by atoms with E-state index in [9.17, 15) is 0 Å². The highest BCUT2D eigenvalue weighted by atomic mass is 14.9. The van der Waals surface area contributed by atoms with Crippen molar-refractivity contribution in [3.05, 3.63) is 42.1 Å². The molecule has 0 radical (unpaired) electrons. The molecule has 1 unspecified atom stereocenters. The van der Waals surface area contributed by atoms with Crippen LogP contribution in [0.3, 0.4) is 0 Å². The van der Waals surface area contributed by atoms with Crippen LogP contribution in [0.25, 0.3) is 10.9 Å². The smallest absolute Gasteiger partial charge is 0.0705 e. The Morgan fingerprint density at radius 3 is 2.72 bits per heavy atom. The average Bonchev–Trinajstić information content (AvgIpc) is 2.39. The zero-order chi connectivity index (χ0) is 13.0. The van der Waals surface area contributed by atoms with Crippen LogP contribution in [0.4, 0.5) is 0 Å². The van der Waals surface area contributed by atoms with Crippen LogP contribution in [0.2, 0.25) is 0 Å². The van der Waals surface area contributed by atoms with Gasteiger partial charge in [0.1, 0.15) is 0 Å². The van der Waals surface area contributed by atoms with Gasteiger partial charge in [-0.15, -0.1) is 0 Å². The van der Waals surface area contributed by atoms with Crippen molar-refractivity contribution in [1.29, 1.82) is 0 Å². The van der Waals surface area contributed by atoms with Crippen molar-refractivity contribution in [1.82, 2.24) is 10.3 Å². The first-order valence-electron chi connectivity index (χ1n) is 6.48. The molecule has 0 bridgehead atoms. The zero-order valence-corrected chi connectivity index (χ0v) is 11.1. The Morgan fingerprint density at radius 2 is 2.00 bits per heavy atom. The van der Waals surface area contributed by atoms with Gasteiger partial charge in [-0.2, -0.15) is 0 Å². The van der Waals surface area contributed by atoms with E-state index >= 15 is 0 Å². The molecule has 3 nitrogen and oxygen atoms in total. The van der Waals surface area contributed by atoms with E-state index < -0.39 is 0 Å². The molecule has 0 fully saturated rings. The standard InChI is InChI=1S/C15H21N3/c1-11(2)15(9-16)18-10-12-7-8-17-14-6-4-3-5-13(12)14/h3-8,11,15,18H,9-10,16H2,1-2H3. The lowest BCUT2D eigenvalue weighted by Crippen LogP contribution is -2.39. The highest BCUT2D eigenvalue weighted by Crippen LogP contribution is 2.16. The molecule has 18 heavy (non-hydrogen) atoms. The summed E-state index contributed by atoms with van der Waals surface area (Å²) in [5.74, 6) is 0.545. The van der Waals surface area contributed by atoms with Gasteiger partial charge in [-0.25, -0.2) is 0 Å². The van der Waals surface area contributed by atoms with Crippen LogP contribution in [0.15, 0.2) is 36.5 Å². The second kappa shape index (κ2) is 5.94. The van der Waals surface area contributed by atoms with E-state index in [1.165, 1.54) is 10.9 Å². The number of nitrogens with zero attached hydrogens (tertiary/aromatic N) is 1. The number of hydrogen-bond acceptors (Lipinski definition) is 3. The summed E-state index contributed by atoms with van der Waals surface area (Å²) in [4.78, 5) is 4.37. The van der Waals surface area contributed by atoms with Gasteiger partial charge in [0.2, 0.25) is 0 Å². The summed E-state index contributed by atoms with van der Waals surface area (Å²) < 4.78 is 0. The summed E-state index contributed by atoms with van der Waals surface area (Å²) in [5.41, 5.74) is 8.10. The van der Waals surface area contributed by atoms with Crippen molar-refractivity contribution in [2.24, 2.45) is 11.7 Å². The minimum Gasteiger partial charge on any atom is -0.329 e. The molecule has 1 aromatic heterocycles. The summed E-state index contributed by atoms with van der Waals surface area (Å²) in [6.45, 7) is 5.88. The summed E-state index contributed by atoms with van der Waals surface area (Å²) in [6.07, 6.45) is 1.87. The molecule has 3 N–H and O–H groups in total. The van der Waals surface area contributed by atoms with E-state index in [0.29, 0.717) is 18.5 Å². The molecule has 0 spiro atoms. The molecule has 1 aromatic carbocycles. The molecule has 1 heterocycles. The summed E-state index contributed by atoms with van der Waals surface area (Å²) >= 11 is 0. The lowest BCUT2D eigenvalue weighted by molar-refractivity contribution is 0.405. The van der Waals surface area contributed by atoms with Crippen molar-refractivity contribution in [3.63, 3.8) is 0 Å². The first kappa shape index (κ1) is 13.0. The van der Waals surface area contributed by atoms with Gasteiger partial charge in [0.25, 0.3) is 0 Å². The van der Waals surface area contributed by atoms with E-state index in [1.807, 2.05) is 18.3 Å². The Morgan fingerprint density at radius 1 is 1.22 bits per heavy atom. The molecule has 0 aliphatic carbocycles. The number of hydrogen-bond donors (Lipinski definition) is 2. The van der Waals surface area contributed by atoms with Gasteiger partial charge >= 0.3 is 0 Å². The number of aromatic nitrogens is 1. The van der Waals surface area contributed by atoms with Crippen LogP contribution in [-0.2, 0) is 6.54 Å². The van der Waals surface area contributed by atoms with Crippen LogP contribution >= 0.6 is 0 Å². The van der Waals surface area contributed by atoms with Gasteiger partial charge in [0, 0.05) is 30.7 Å². The topological polar surface area (TPSA) is 50.9 Å². The predicted octanol–water partition coefficient (Wildman–Crippen LogP) is 2.31. The number of para-hydroxylation sites is 1. The quantitative estimate of drug-likeness (QED) is 0.847. The second-order valence-electron chi connectivity index (χ2n) is 4.95. The van der Waals surface area contributed by atoms with Crippen molar-refractivity contribution < 1.29 is 0 Å². The van der Waals surface area contributed by atoms with Gasteiger partial charge in [0.15, 0.2) is 0 Å². The fourth-order valence-electron chi connectivity index (χ4n) is 2.14. The number of benzene rings is 1. The van der Waals surface area contributed by atoms with Gasteiger partial charge in [-0.1, -0.05) is 32.0 Å². The lowest BCUT2D eigenvalue weighted by atomic mass is 10.0. The average molecular weight is 243 g/mol. The van der Waals surface area contributed by atoms with E-state index in [4.69, 9.17) is 5.73 Å². The maximum atomic E-state index is 5.78. The molecular weight excluding hydrogens is 222 g/mol. The maximum Gasteiger partial charge on any atom is 0.0705 e. The molecule has 1 atom stereocenters. The molecule has 0 saturated carbocycles. The Kier molecular flexibility index (Phi) is 4.28. The van der Waals surface area contributed by atoms with E-state index in [0.717, 1.165) is 12.1 Å². The zero-order valence-electron chi connectivity index (χ0n) is 11.1. The Hall–Kier alpha value is -1.45. The van der Waals surface area contributed by atoms with Gasteiger partial charge in [0.05, 0.1) is 5.52 Å². The molecular formula is C15H21N3. The highest BCUT2D eigenvalue weighted by Gasteiger charge is 2.11. The third kappa shape index (κ3) is 2.86. The largest absolute Gasteiger partial charge is 0.329 e. The fourth-order valence-corrected chi connectivity index (χ4v) is 2.14. The number of nitrogens with one attached hydrogen (secondary N) is 1. The minimum atomic E-state index is 0.358. The Bertz CT molecular complexity index is 503. The lowest BCUT2D eigenvalue weighted by Gasteiger charge is -2.21. The van der Waals surface area contributed by atoms with Gasteiger partial charge in [-0.05, 0) is 23.6 Å². The van der Waals surface area contributed by atoms with Crippen molar-refractivity contribution in [2.45, 2.75) is 26.4 Å². The first-order valence-corrected chi connectivity index (χ1v) is 6.48. The molecule has 2 aromatic rings. The summed E-state index contributed by atoms with van der Waals surface area (Å²) in [6, 6.07) is 10.7. The molecule has 0 aliphatic heterocycles. The molecule has 96 valence electrons. The fraction of sp³-hybridized carbons (Fsp3) is 0.400. The van der Waals surface area contributed by atoms with Crippen LogP contribution in [0, 0.1) is 5.92 Å². The molecule has 2 rings (SSSR count). The van der Waals surface area contributed by atoms with Crippen LogP contribution in [0.1, 0.15) is 19.4 Å². The van der Waals surface area contributed by atoms with E-state index in [-0.39, 0.29) is 0 Å². The SMILES string of the molecule is CC(C)C(CN)NCc1ccnc2ccccc12. The van der Waals surface area contributed by atoms with E-state index in [2.05, 4.69) is 42.3 Å². The minimum absolute atomic E-state index is 0.358. The number of fused-ring (bicyclic) bond motifs is 1. The summed E-state index contributed by atoms with van der Waals surface area (Å²) in [5, 5.41) is 4.74. The number of rotatable bonds is 5. The Labute approximate surface area is 108 Å². The van der Waals surface area contributed by atoms with E-state index in [1.54, 1.807) is 0 Å². The van der Waals surface area contributed by atoms with Gasteiger partial charge < -0.3 is 11.1 Å². The van der Waals surface area contributed by atoms with Crippen molar-refractivity contribution in [2.75, 3.05) is 6.54 Å². The monoisotopic (exact) mass is 243 g/mol. The number of pyridine rings is 1. The summed E-state index contributed by atoms with van der Waals surface area (Å²) in [7, 11) is 0. The van der Waals surface area contributed by atoms with Crippen molar-refractivity contribution in [3.8, 4) is 0 Å². The molecule has 0 amide bonds. The molecule has 0 aliphatic rings. The highest BCUT2D eigenvalue weighted by molar-refractivity contribution is 5.81. The van der Waals surface area contributed by atoms with Crippen LogP contribution < -0.4 is 11.1 Å².